The average Bonchev–Trinajstić information content (AvgIpc) is 2.42. The Hall–Kier alpha value is -0.200. The van der Waals surface area contributed by atoms with Crippen molar-refractivity contribution in [3.05, 3.63) is 33.8 Å². The van der Waals surface area contributed by atoms with E-state index in [1.807, 2.05) is 0 Å². The van der Waals surface area contributed by atoms with Crippen molar-refractivity contribution >= 4 is 51.2 Å². The molecule has 0 spiro atoms. The van der Waals surface area contributed by atoms with Gasteiger partial charge in [0, 0.05) is 23.6 Å². The fourth-order valence-corrected chi connectivity index (χ4v) is 4.34. The average molecular weight is 338 g/mol. The second-order valence-electron chi connectivity index (χ2n) is 4.14. The van der Waals surface area contributed by atoms with Crippen LogP contribution in [0.3, 0.4) is 0 Å². The molecule has 0 unspecified atom stereocenters. The van der Waals surface area contributed by atoms with Crippen LogP contribution in [0.5, 0.6) is 0 Å². The highest BCUT2D eigenvalue weighted by Gasteiger charge is 2.45. The lowest BCUT2D eigenvalue weighted by Gasteiger charge is -2.36. The maximum atomic E-state index is 12.5. The van der Waals surface area contributed by atoms with Crippen LogP contribution in [0.15, 0.2) is 18.2 Å². The van der Waals surface area contributed by atoms with Gasteiger partial charge in [-0.15, -0.1) is 0 Å². The molecular weight excluding hydrogens is 325 g/mol. The first-order valence-corrected chi connectivity index (χ1v) is 8.14. The van der Waals surface area contributed by atoms with Gasteiger partial charge in [0.25, 0.3) is 0 Å². The number of likely N-dealkylation sites (N-methyl/N-ethyl adjacent to an activating group) is 1. The summed E-state index contributed by atoms with van der Waals surface area (Å²) in [5, 5.41) is 3.79. The minimum Gasteiger partial charge on any atom is -0.381 e. The van der Waals surface area contributed by atoms with Crippen molar-refractivity contribution in [2.24, 2.45) is 0 Å². The van der Waals surface area contributed by atoms with E-state index in [0.717, 1.165) is 5.56 Å². The molecule has 104 valence electrons. The van der Waals surface area contributed by atoms with E-state index in [9.17, 15) is 4.21 Å². The Morgan fingerprint density at radius 3 is 2.79 bits per heavy atom. The molecule has 0 saturated carbocycles. The van der Waals surface area contributed by atoms with Crippen molar-refractivity contribution in [1.29, 1.82) is 0 Å². The van der Waals surface area contributed by atoms with E-state index in [1.165, 1.54) is 0 Å². The fraction of sp³-hybridized carbons (Fsp3) is 0.417. The zero-order chi connectivity index (χ0) is 14.0. The first-order chi connectivity index (χ1) is 9.02. The molecule has 2 atom stereocenters. The monoisotopic (exact) mass is 337 g/mol. The third-order valence-electron chi connectivity index (χ3n) is 3.09. The Morgan fingerprint density at radius 2 is 2.21 bits per heavy atom. The van der Waals surface area contributed by atoms with Gasteiger partial charge in [0.15, 0.2) is 0 Å². The first kappa shape index (κ1) is 15.2. The van der Waals surface area contributed by atoms with Crippen molar-refractivity contribution < 1.29 is 8.95 Å². The van der Waals surface area contributed by atoms with E-state index < -0.39 is 15.5 Å². The van der Waals surface area contributed by atoms with E-state index in [2.05, 4.69) is 5.32 Å². The first-order valence-electron chi connectivity index (χ1n) is 5.66. The van der Waals surface area contributed by atoms with E-state index in [4.69, 9.17) is 40.2 Å². The third-order valence-corrected chi connectivity index (χ3v) is 6.38. The van der Waals surface area contributed by atoms with Crippen LogP contribution < -0.4 is 5.32 Å². The van der Waals surface area contributed by atoms with Crippen molar-refractivity contribution in [1.82, 2.24) is 5.32 Å². The lowest BCUT2D eigenvalue weighted by molar-refractivity contribution is 0.128. The molecule has 1 aromatic carbocycles. The van der Waals surface area contributed by atoms with Crippen molar-refractivity contribution in [3.63, 3.8) is 0 Å². The van der Waals surface area contributed by atoms with Crippen LogP contribution in [0.4, 0.5) is 0 Å². The molecular formula is C12H13Cl2NO2S2. The van der Waals surface area contributed by atoms with Crippen LogP contribution >= 0.6 is 35.4 Å². The second kappa shape index (κ2) is 6.06. The highest BCUT2D eigenvalue weighted by Crippen LogP contribution is 2.36. The number of hydrogen-bond acceptors (Lipinski definition) is 3. The molecule has 1 N–H and O–H groups in total. The van der Waals surface area contributed by atoms with Gasteiger partial charge in [0.1, 0.15) is 9.74 Å². The van der Waals surface area contributed by atoms with Gasteiger partial charge in [-0.2, -0.15) is 0 Å². The Kier molecular flexibility index (Phi) is 4.84. The summed E-state index contributed by atoms with van der Waals surface area (Å²) in [4.78, 5) is 0.490. The zero-order valence-corrected chi connectivity index (χ0v) is 13.4. The van der Waals surface area contributed by atoms with Gasteiger partial charge >= 0.3 is 0 Å². The van der Waals surface area contributed by atoms with Crippen molar-refractivity contribution in [2.45, 2.75) is 4.75 Å². The summed E-state index contributed by atoms with van der Waals surface area (Å²) in [6.45, 7) is 0.749. The number of rotatable bonds is 2. The Morgan fingerprint density at radius 1 is 1.47 bits per heavy atom. The highest BCUT2D eigenvalue weighted by molar-refractivity contribution is 7.90. The quantitative estimate of drug-likeness (QED) is 0.841. The van der Waals surface area contributed by atoms with Crippen molar-refractivity contribution in [3.8, 4) is 0 Å². The van der Waals surface area contributed by atoms with Crippen LogP contribution in [-0.2, 0) is 20.3 Å². The number of halogens is 2. The van der Waals surface area contributed by atoms with Crippen LogP contribution in [0, 0.1) is 0 Å². The SMILES string of the molecule is CNC(=S)[C@@]1(c2ccc(Cl)c(Cl)c2)COCC[S@]1=O. The molecule has 3 nitrogen and oxygen atoms in total. The zero-order valence-electron chi connectivity index (χ0n) is 10.2. The number of nitrogens with one attached hydrogen (secondary N) is 1. The van der Waals surface area contributed by atoms with Gasteiger partial charge in [-0.25, -0.2) is 0 Å². The lowest BCUT2D eigenvalue weighted by Crippen LogP contribution is -2.52. The number of hydrogen-bond donors (Lipinski definition) is 1. The Bertz CT molecular complexity index is 528. The van der Waals surface area contributed by atoms with Crippen LogP contribution in [0.2, 0.25) is 10.0 Å². The van der Waals surface area contributed by atoms with Crippen LogP contribution in [0.1, 0.15) is 5.56 Å². The van der Waals surface area contributed by atoms with E-state index in [-0.39, 0.29) is 6.61 Å². The molecule has 0 bridgehead atoms. The second-order valence-corrected chi connectivity index (χ2v) is 7.16. The molecule has 1 saturated heterocycles. The highest BCUT2D eigenvalue weighted by atomic mass is 35.5. The molecule has 0 aliphatic carbocycles. The summed E-state index contributed by atoms with van der Waals surface area (Å²) in [7, 11) is 0.553. The summed E-state index contributed by atoms with van der Waals surface area (Å²) in [6, 6.07) is 5.19. The number of ether oxygens (including phenoxy) is 1. The lowest BCUT2D eigenvalue weighted by atomic mass is 9.98. The molecule has 1 aromatic rings. The smallest absolute Gasteiger partial charge is 0.144 e. The standard InChI is InChI=1S/C12H13Cl2NO2S2/c1-15-11(18)12(7-17-4-5-19(12)16)8-2-3-9(13)10(14)6-8/h2-3,6H,4-5,7H2,1H3,(H,15,18)/t12-,19+/m0/s1. The van der Waals surface area contributed by atoms with Gasteiger partial charge in [0.05, 0.1) is 23.3 Å². The summed E-state index contributed by atoms with van der Waals surface area (Å²) in [5.41, 5.74) is 0.763. The molecule has 2 rings (SSSR count). The van der Waals surface area contributed by atoms with Gasteiger partial charge in [-0.1, -0.05) is 41.5 Å². The summed E-state index contributed by atoms with van der Waals surface area (Å²) in [5.74, 6) is 0.446. The third kappa shape index (κ3) is 2.67. The van der Waals surface area contributed by atoms with Gasteiger partial charge in [-0.05, 0) is 17.7 Å². The molecule has 0 amide bonds. The minimum atomic E-state index is -1.16. The summed E-state index contributed by atoms with van der Waals surface area (Å²) >= 11 is 17.3. The maximum Gasteiger partial charge on any atom is 0.144 e. The van der Waals surface area contributed by atoms with Crippen molar-refractivity contribution in [2.75, 3.05) is 26.0 Å². The van der Waals surface area contributed by atoms with Gasteiger partial charge in [-0.3, -0.25) is 4.21 Å². The van der Waals surface area contributed by atoms with E-state index in [1.54, 1.807) is 25.2 Å². The fourth-order valence-electron chi connectivity index (χ4n) is 2.05. The molecule has 1 aliphatic heterocycles. The molecule has 19 heavy (non-hydrogen) atoms. The molecule has 1 fully saturated rings. The van der Waals surface area contributed by atoms with E-state index in [0.29, 0.717) is 27.4 Å². The Balaban J connectivity index is 2.56. The molecule has 7 heteroatoms. The number of benzene rings is 1. The molecule has 1 heterocycles. The normalized spacial score (nSPS) is 27.0. The predicted octanol–water partition coefficient (Wildman–Crippen LogP) is 2.51. The summed E-state index contributed by atoms with van der Waals surface area (Å²) < 4.78 is 17.2. The van der Waals surface area contributed by atoms with Crippen LogP contribution in [-0.4, -0.2) is 35.2 Å². The summed E-state index contributed by atoms with van der Waals surface area (Å²) in [6.07, 6.45) is 0. The molecule has 1 aliphatic rings. The van der Waals surface area contributed by atoms with Gasteiger partial charge in [0.2, 0.25) is 0 Å². The maximum absolute atomic E-state index is 12.5. The minimum absolute atomic E-state index is 0.275. The predicted molar refractivity (Wildman–Crippen MR) is 83.6 cm³/mol. The molecule has 0 radical (unpaired) electrons. The topological polar surface area (TPSA) is 38.3 Å². The Labute approximate surface area is 130 Å². The van der Waals surface area contributed by atoms with Gasteiger partial charge < -0.3 is 10.1 Å². The number of thiocarbonyl (C=S) groups is 1. The largest absolute Gasteiger partial charge is 0.381 e. The van der Waals surface area contributed by atoms with E-state index >= 15 is 0 Å². The van der Waals surface area contributed by atoms with Crippen LogP contribution in [0.25, 0.3) is 0 Å². The molecule has 0 aromatic heterocycles.